The fourth-order valence-electron chi connectivity index (χ4n) is 2.32. The van der Waals surface area contributed by atoms with Crippen molar-refractivity contribution in [2.24, 2.45) is 5.92 Å². The molecule has 0 spiro atoms. The van der Waals surface area contributed by atoms with Crippen molar-refractivity contribution in [3.63, 3.8) is 0 Å². The van der Waals surface area contributed by atoms with E-state index in [1.807, 2.05) is 20.8 Å². The van der Waals surface area contributed by atoms with Gasteiger partial charge in [0.2, 0.25) is 6.04 Å². The first kappa shape index (κ1) is 14.9. The van der Waals surface area contributed by atoms with Gasteiger partial charge in [-0.1, -0.05) is 0 Å². The number of carbonyl (C=O) groups is 1. The summed E-state index contributed by atoms with van der Waals surface area (Å²) in [6.45, 7) is 5.57. The van der Waals surface area contributed by atoms with E-state index in [1.165, 1.54) is 0 Å². The Morgan fingerprint density at radius 3 is 2.06 bits per heavy atom. The van der Waals surface area contributed by atoms with Crippen molar-refractivity contribution in [2.75, 3.05) is 0 Å². The minimum absolute atomic E-state index is 0.0862. The highest BCUT2D eigenvalue weighted by Crippen LogP contribution is 2.26. The van der Waals surface area contributed by atoms with E-state index in [9.17, 15) is 14.9 Å². The van der Waals surface area contributed by atoms with Gasteiger partial charge in [-0.05, 0) is 46.5 Å². The average Bonchev–Trinajstić information content (AvgIpc) is 2.12. The molecule has 0 bridgehead atoms. The minimum atomic E-state index is -0.456. The van der Waals surface area contributed by atoms with Crippen LogP contribution in [0.5, 0.6) is 0 Å². The van der Waals surface area contributed by atoms with Gasteiger partial charge in [0.25, 0.3) is 0 Å². The van der Waals surface area contributed by atoms with Crippen molar-refractivity contribution in [1.82, 2.24) is 0 Å². The van der Waals surface area contributed by atoms with Gasteiger partial charge in [-0.3, -0.25) is 14.9 Å². The van der Waals surface area contributed by atoms with E-state index in [4.69, 9.17) is 4.74 Å². The number of hydrogen-bond acceptors (Lipinski definition) is 4. The number of esters is 1. The molecule has 1 rings (SSSR count). The molecule has 0 N–H and O–H groups in total. The van der Waals surface area contributed by atoms with Crippen molar-refractivity contribution in [2.45, 2.75) is 70.9 Å². The van der Waals surface area contributed by atoms with Crippen LogP contribution in [0.2, 0.25) is 0 Å². The molecule has 0 amide bonds. The number of rotatable bonds is 2. The SMILES string of the molecule is CC(C)(C)OC(=O)C1CCCC([N+](=O)[O-])CCC1. The van der Waals surface area contributed by atoms with Gasteiger partial charge < -0.3 is 4.74 Å². The molecule has 5 heteroatoms. The lowest BCUT2D eigenvalue weighted by atomic mass is 9.89. The first-order valence-corrected chi connectivity index (χ1v) is 6.66. The van der Waals surface area contributed by atoms with Gasteiger partial charge in [0, 0.05) is 17.8 Å². The van der Waals surface area contributed by atoms with Crippen LogP contribution < -0.4 is 0 Å². The van der Waals surface area contributed by atoms with Crippen molar-refractivity contribution in [1.29, 1.82) is 0 Å². The summed E-state index contributed by atoms with van der Waals surface area (Å²) in [5, 5.41) is 10.7. The molecule has 0 saturated heterocycles. The normalized spacial score (nSPS) is 25.9. The Morgan fingerprint density at radius 1 is 1.17 bits per heavy atom. The van der Waals surface area contributed by atoms with Gasteiger partial charge in [0.05, 0.1) is 5.92 Å². The molecular formula is C13H23NO4. The zero-order valence-electron chi connectivity index (χ0n) is 11.5. The Hall–Kier alpha value is -1.13. The molecule has 0 aliphatic heterocycles. The van der Waals surface area contributed by atoms with Crippen molar-refractivity contribution < 1.29 is 14.5 Å². The van der Waals surface area contributed by atoms with Gasteiger partial charge in [0.15, 0.2) is 0 Å². The summed E-state index contributed by atoms with van der Waals surface area (Å²) >= 11 is 0. The van der Waals surface area contributed by atoms with Crippen molar-refractivity contribution in [3.05, 3.63) is 10.1 Å². The Labute approximate surface area is 108 Å². The first-order chi connectivity index (χ1) is 8.29. The van der Waals surface area contributed by atoms with E-state index in [1.54, 1.807) is 0 Å². The molecule has 0 aromatic carbocycles. The predicted molar refractivity (Wildman–Crippen MR) is 67.8 cm³/mol. The zero-order valence-corrected chi connectivity index (χ0v) is 11.5. The van der Waals surface area contributed by atoms with Crippen LogP contribution in [-0.2, 0) is 9.53 Å². The van der Waals surface area contributed by atoms with Crippen molar-refractivity contribution in [3.8, 4) is 0 Å². The van der Waals surface area contributed by atoms with E-state index >= 15 is 0 Å². The lowest BCUT2D eigenvalue weighted by molar-refractivity contribution is -0.525. The monoisotopic (exact) mass is 257 g/mol. The molecule has 1 aliphatic carbocycles. The summed E-state index contributed by atoms with van der Waals surface area (Å²) in [5.41, 5.74) is -0.456. The topological polar surface area (TPSA) is 69.4 Å². The standard InChI is InChI=1S/C13H23NO4/c1-13(2,3)18-12(15)10-6-4-8-11(14(16)17)9-5-7-10/h10-11H,4-9H2,1-3H3. The third-order valence-corrected chi connectivity index (χ3v) is 3.22. The molecular weight excluding hydrogens is 234 g/mol. The van der Waals surface area contributed by atoms with Gasteiger partial charge in [0.1, 0.15) is 5.60 Å². The van der Waals surface area contributed by atoms with Crippen LogP contribution in [0.4, 0.5) is 0 Å². The summed E-state index contributed by atoms with van der Waals surface area (Å²) in [6, 6.07) is -0.426. The van der Waals surface area contributed by atoms with Crippen LogP contribution in [0.15, 0.2) is 0 Å². The Morgan fingerprint density at radius 2 is 1.67 bits per heavy atom. The van der Waals surface area contributed by atoms with Crippen molar-refractivity contribution >= 4 is 5.97 Å². The van der Waals surface area contributed by atoms with E-state index in [0.29, 0.717) is 25.7 Å². The largest absolute Gasteiger partial charge is 0.460 e. The van der Waals surface area contributed by atoms with E-state index in [2.05, 4.69) is 0 Å². The summed E-state index contributed by atoms with van der Waals surface area (Å²) < 4.78 is 5.38. The molecule has 18 heavy (non-hydrogen) atoms. The molecule has 0 radical (unpaired) electrons. The van der Waals surface area contributed by atoms with Gasteiger partial charge in [-0.15, -0.1) is 0 Å². The van der Waals surface area contributed by atoms with E-state index in [-0.39, 0.29) is 16.8 Å². The van der Waals surface area contributed by atoms with Crippen LogP contribution in [0.1, 0.15) is 59.3 Å². The highest BCUT2D eigenvalue weighted by molar-refractivity contribution is 5.72. The lowest BCUT2D eigenvalue weighted by Gasteiger charge is -2.25. The van der Waals surface area contributed by atoms with Crippen LogP contribution in [0.3, 0.4) is 0 Å². The number of hydrogen-bond donors (Lipinski definition) is 0. The highest BCUT2D eigenvalue weighted by atomic mass is 16.6. The average molecular weight is 257 g/mol. The second-order valence-corrected chi connectivity index (χ2v) is 6.03. The van der Waals surface area contributed by atoms with E-state index in [0.717, 1.165) is 12.8 Å². The fourth-order valence-corrected chi connectivity index (χ4v) is 2.32. The number of nitrogens with zero attached hydrogens (tertiary/aromatic N) is 1. The molecule has 5 nitrogen and oxygen atoms in total. The van der Waals surface area contributed by atoms with Gasteiger partial charge in [-0.2, -0.15) is 0 Å². The molecule has 0 aromatic heterocycles. The fraction of sp³-hybridized carbons (Fsp3) is 0.923. The van der Waals surface area contributed by atoms with Crippen LogP contribution in [-0.4, -0.2) is 22.5 Å². The number of nitro groups is 1. The Balaban J connectivity index is 2.47. The lowest BCUT2D eigenvalue weighted by Crippen LogP contribution is -2.30. The summed E-state index contributed by atoms with van der Waals surface area (Å²) in [6.07, 6.45) is 4.03. The van der Waals surface area contributed by atoms with E-state index < -0.39 is 11.6 Å². The molecule has 1 fully saturated rings. The van der Waals surface area contributed by atoms with Crippen LogP contribution >= 0.6 is 0 Å². The molecule has 104 valence electrons. The maximum absolute atomic E-state index is 11.9. The summed E-state index contributed by atoms with van der Waals surface area (Å²) in [5.74, 6) is -0.237. The van der Waals surface area contributed by atoms with Gasteiger partial charge >= 0.3 is 5.97 Å². The quantitative estimate of drug-likeness (QED) is 0.433. The molecule has 0 unspecified atom stereocenters. The zero-order chi connectivity index (χ0) is 13.8. The second-order valence-electron chi connectivity index (χ2n) is 6.03. The maximum atomic E-state index is 11.9. The third-order valence-electron chi connectivity index (χ3n) is 3.22. The first-order valence-electron chi connectivity index (χ1n) is 6.66. The number of carbonyl (C=O) groups excluding carboxylic acids is 1. The van der Waals surface area contributed by atoms with Crippen LogP contribution in [0.25, 0.3) is 0 Å². The molecule has 0 aromatic rings. The summed E-state index contributed by atoms with van der Waals surface area (Å²) in [7, 11) is 0. The molecule has 1 saturated carbocycles. The molecule has 1 aliphatic rings. The Bertz CT molecular complexity index is 299. The Kier molecular flexibility index (Phi) is 5.11. The summed E-state index contributed by atoms with van der Waals surface area (Å²) in [4.78, 5) is 22.5. The van der Waals surface area contributed by atoms with Gasteiger partial charge in [-0.25, -0.2) is 0 Å². The molecule has 0 heterocycles. The number of ether oxygens (including phenoxy) is 1. The predicted octanol–water partition coefficient (Wildman–Crippen LogP) is 2.94. The smallest absolute Gasteiger partial charge is 0.309 e. The third kappa shape index (κ3) is 5.02. The minimum Gasteiger partial charge on any atom is -0.460 e. The maximum Gasteiger partial charge on any atom is 0.309 e. The highest BCUT2D eigenvalue weighted by Gasteiger charge is 2.29. The molecule has 0 atom stereocenters. The van der Waals surface area contributed by atoms with Crippen LogP contribution in [0, 0.1) is 16.0 Å². The second kappa shape index (κ2) is 6.16.